The maximum atomic E-state index is 11.6. The number of hydrogen-bond acceptors (Lipinski definition) is 2. The molecule has 0 amide bonds. The third kappa shape index (κ3) is 7.17. The van der Waals surface area contributed by atoms with Crippen LogP contribution in [0, 0.1) is 0 Å². The Bertz CT molecular complexity index is 141. The summed E-state index contributed by atoms with van der Waals surface area (Å²) in [5, 5.41) is 0. The molecule has 0 aromatic rings. The third-order valence-electron chi connectivity index (χ3n) is 0.716. The third-order valence-corrected chi connectivity index (χ3v) is 3.13. The van der Waals surface area contributed by atoms with Crippen molar-refractivity contribution in [1.29, 1.82) is 0 Å². The zero-order valence-corrected chi connectivity index (χ0v) is 8.63. The number of hydrogen-bond donors (Lipinski definition) is 0. The highest BCUT2D eigenvalue weighted by molar-refractivity contribution is 7.39. The van der Waals surface area contributed by atoms with E-state index in [2.05, 4.69) is 8.85 Å². The van der Waals surface area contributed by atoms with Crippen molar-refractivity contribution in [2.75, 3.05) is 13.2 Å². The fraction of sp³-hybridized carbons (Fsp3) is 1.00. The molecule has 0 unspecified atom stereocenters. The summed E-state index contributed by atoms with van der Waals surface area (Å²) in [6, 6.07) is 0. The fourth-order valence-corrected chi connectivity index (χ4v) is 2.11. The molecule has 0 aliphatic heterocycles. The van der Waals surface area contributed by atoms with E-state index < -0.39 is 20.0 Å². The van der Waals surface area contributed by atoms with E-state index in [1.807, 2.05) is 0 Å². The highest BCUT2D eigenvalue weighted by Gasteiger charge is 2.39. The van der Waals surface area contributed by atoms with E-state index in [9.17, 15) is 13.2 Å². The van der Waals surface area contributed by atoms with E-state index in [1.165, 1.54) is 0 Å². The largest absolute Gasteiger partial charge is 0.551 e. The van der Waals surface area contributed by atoms with Crippen molar-refractivity contribution in [3.05, 3.63) is 0 Å². The molecule has 0 heterocycles. The Labute approximate surface area is 78.2 Å². The summed E-state index contributed by atoms with van der Waals surface area (Å²) in [6.07, 6.45) is -4.43. The van der Waals surface area contributed by atoms with Gasteiger partial charge in [-0.05, 0) is 6.92 Å². The van der Waals surface area contributed by atoms with Crippen molar-refractivity contribution in [1.82, 2.24) is 0 Å². The zero-order valence-electron chi connectivity index (χ0n) is 6.12. The molecule has 0 aliphatic carbocycles. The molecule has 0 aromatic heterocycles. The second-order valence-corrected chi connectivity index (χ2v) is 6.87. The average Bonchev–Trinajstić information content (AvgIpc) is 1.83. The van der Waals surface area contributed by atoms with Gasteiger partial charge in [0, 0.05) is 6.61 Å². The SMILES string of the molecule is CCO[Si](Cl)(Cl)OCC(F)(F)F. The van der Waals surface area contributed by atoms with Gasteiger partial charge in [-0.3, -0.25) is 0 Å². The van der Waals surface area contributed by atoms with Crippen LogP contribution in [0.25, 0.3) is 0 Å². The van der Waals surface area contributed by atoms with Crippen LogP contribution >= 0.6 is 22.2 Å². The first-order valence-corrected chi connectivity index (χ1v) is 6.83. The quantitative estimate of drug-likeness (QED) is 0.558. The monoisotopic (exact) mass is 242 g/mol. The molecule has 0 saturated heterocycles. The standard InChI is InChI=1S/C4H7Cl2F3O2Si/c1-2-10-12(5,6)11-3-4(7,8)9/h2-3H2,1H3. The number of rotatable bonds is 4. The first-order valence-electron chi connectivity index (χ1n) is 2.99. The van der Waals surface area contributed by atoms with E-state index in [0.29, 0.717) is 0 Å². The van der Waals surface area contributed by atoms with Gasteiger partial charge < -0.3 is 8.85 Å². The molecule has 0 saturated carbocycles. The van der Waals surface area contributed by atoms with Gasteiger partial charge in [0.15, 0.2) is 0 Å². The van der Waals surface area contributed by atoms with E-state index >= 15 is 0 Å². The normalized spacial score (nSPS) is 13.5. The molecular weight excluding hydrogens is 236 g/mol. The minimum absolute atomic E-state index is 0.122. The van der Waals surface area contributed by atoms with Crippen molar-refractivity contribution in [2.45, 2.75) is 13.1 Å². The Hall–Kier alpha value is 0.507. The van der Waals surface area contributed by atoms with Gasteiger partial charge in [-0.2, -0.15) is 13.2 Å². The lowest BCUT2D eigenvalue weighted by Crippen LogP contribution is -2.34. The second-order valence-electron chi connectivity index (χ2n) is 1.80. The first kappa shape index (κ1) is 12.5. The molecule has 0 fully saturated rings. The molecule has 0 spiro atoms. The van der Waals surface area contributed by atoms with Gasteiger partial charge in [-0.25, -0.2) is 0 Å². The zero-order chi connectivity index (χ0) is 9.83. The smallest absolute Gasteiger partial charge is 0.372 e. The highest BCUT2D eigenvalue weighted by atomic mass is 35.7. The van der Waals surface area contributed by atoms with Crippen LogP contribution in [0.4, 0.5) is 13.2 Å². The summed E-state index contributed by atoms with van der Waals surface area (Å²) < 4.78 is 43.4. The van der Waals surface area contributed by atoms with E-state index in [1.54, 1.807) is 6.92 Å². The van der Waals surface area contributed by atoms with E-state index in [-0.39, 0.29) is 6.61 Å². The molecule has 2 nitrogen and oxygen atoms in total. The van der Waals surface area contributed by atoms with Crippen LogP contribution in [-0.4, -0.2) is 26.6 Å². The van der Waals surface area contributed by atoms with Crippen LogP contribution in [0.2, 0.25) is 0 Å². The van der Waals surface area contributed by atoms with Crippen molar-refractivity contribution in [3.63, 3.8) is 0 Å². The molecule has 0 aromatic carbocycles. The van der Waals surface area contributed by atoms with Crippen LogP contribution in [0.15, 0.2) is 0 Å². The maximum Gasteiger partial charge on any atom is 0.551 e. The Morgan fingerprint density at radius 2 is 1.75 bits per heavy atom. The summed E-state index contributed by atoms with van der Waals surface area (Å²) in [6.45, 7) is 0.201. The van der Waals surface area contributed by atoms with E-state index in [0.717, 1.165) is 0 Å². The van der Waals surface area contributed by atoms with Crippen molar-refractivity contribution in [3.8, 4) is 0 Å². The Morgan fingerprint density at radius 1 is 1.25 bits per heavy atom. The summed E-state index contributed by atoms with van der Waals surface area (Å²) in [4.78, 5) is 0. The van der Waals surface area contributed by atoms with E-state index in [4.69, 9.17) is 22.2 Å². The molecule has 0 aliphatic rings. The van der Waals surface area contributed by atoms with Gasteiger partial charge in [-0.1, -0.05) is 22.2 Å². The summed E-state index contributed by atoms with van der Waals surface area (Å²) >= 11 is 10.6. The summed E-state index contributed by atoms with van der Waals surface area (Å²) in [7, 11) is -3.59. The maximum absolute atomic E-state index is 11.6. The molecule has 12 heavy (non-hydrogen) atoms. The lowest BCUT2D eigenvalue weighted by molar-refractivity contribution is -0.157. The van der Waals surface area contributed by atoms with Crippen LogP contribution in [0.5, 0.6) is 0 Å². The fourth-order valence-electron chi connectivity index (χ4n) is 0.376. The number of halogens is 5. The van der Waals surface area contributed by atoms with Crippen molar-refractivity contribution < 1.29 is 22.0 Å². The highest BCUT2D eigenvalue weighted by Crippen LogP contribution is 2.23. The van der Waals surface area contributed by atoms with Gasteiger partial charge in [0.2, 0.25) is 0 Å². The minimum Gasteiger partial charge on any atom is -0.372 e. The van der Waals surface area contributed by atoms with Crippen LogP contribution in [0.1, 0.15) is 6.92 Å². The van der Waals surface area contributed by atoms with Gasteiger partial charge in [-0.15, -0.1) is 0 Å². The molecule has 0 atom stereocenters. The Kier molecular flexibility index (Phi) is 4.86. The topological polar surface area (TPSA) is 18.5 Å². The van der Waals surface area contributed by atoms with Gasteiger partial charge in [0.1, 0.15) is 6.61 Å². The average molecular weight is 243 g/mol. The van der Waals surface area contributed by atoms with Crippen LogP contribution in [0.3, 0.4) is 0 Å². The molecule has 0 radical (unpaired) electrons. The van der Waals surface area contributed by atoms with Gasteiger partial charge in [0.05, 0.1) is 0 Å². The first-order chi connectivity index (χ1) is 5.27. The predicted molar refractivity (Wildman–Crippen MR) is 41.1 cm³/mol. The molecular formula is C4H7Cl2F3O2Si. The Balaban J connectivity index is 3.75. The van der Waals surface area contributed by atoms with Gasteiger partial charge >= 0.3 is 13.4 Å². The van der Waals surface area contributed by atoms with Crippen LogP contribution < -0.4 is 0 Å². The lowest BCUT2D eigenvalue weighted by Gasteiger charge is -2.16. The summed E-state index contributed by atoms with van der Waals surface area (Å²) in [5.41, 5.74) is 0. The molecule has 0 bridgehead atoms. The van der Waals surface area contributed by atoms with Crippen molar-refractivity contribution in [2.24, 2.45) is 0 Å². The molecule has 0 N–H and O–H groups in total. The molecule has 0 rings (SSSR count). The van der Waals surface area contributed by atoms with Crippen molar-refractivity contribution >= 4 is 29.3 Å². The van der Waals surface area contributed by atoms with Crippen LogP contribution in [-0.2, 0) is 8.85 Å². The lowest BCUT2D eigenvalue weighted by atomic mass is 10.7. The predicted octanol–water partition coefficient (Wildman–Crippen LogP) is 2.52. The number of alkyl halides is 3. The Morgan fingerprint density at radius 3 is 2.08 bits per heavy atom. The molecule has 74 valence electrons. The van der Waals surface area contributed by atoms with Gasteiger partial charge in [0.25, 0.3) is 0 Å². The molecule has 8 heteroatoms. The second kappa shape index (κ2) is 4.66. The summed E-state index contributed by atoms with van der Waals surface area (Å²) in [5.74, 6) is 0. The minimum atomic E-state index is -4.43.